The molecule has 1 heterocycles. The summed E-state index contributed by atoms with van der Waals surface area (Å²) < 4.78 is 4.89. The van der Waals surface area contributed by atoms with Gasteiger partial charge in [-0.15, -0.1) is 0 Å². The second kappa shape index (κ2) is 3.19. The molecule has 0 saturated carbocycles. The highest BCUT2D eigenvalue weighted by Gasteiger charge is 2.02. The molecule has 0 N–H and O–H groups in total. The molecular formula is C7H10BrNO. The number of halogens is 1. The molecule has 1 aromatic heterocycles. The SMILES string of the molecule is Cc1cc(CC(C)Br)no1. The summed E-state index contributed by atoms with van der Waals surface area (Å²) in [7, 11) is 0. The van der Waals surface area contributed by atoms with E-state index in [2.05, 4.69) is 28.0 Å². The van der Waals surface area contributed by atoms with Gasteiger partial charge in [0.2, 0.25) is 0 Å². The van der Waals surface area contributed by atoms with Crippen LogP contribution in [-0.2, 0) is 6.42 Å². The summed E-state index contributed by atoms with van der Waals surface area (Å²) in [6.07, 6.45) is 0.928. The maximum atomic E-state index is 4.89. The normalized spacial score (nSPS) is 13.5. The fourth-order valence-electron chi connectivity index (χ4n) is 0.802. The summed E-state index contributed by atoms with van der Waals surface area (Å²) in [5, 5.41) is 3.85. The first kappa shape index (κ1) is 7.79. The van der Waals surface area contributed by atoms with Gasteiger partial charge in [0.1, 0.15) is 5.76 Å². The molecule has 2 nitrogen and oxygen atoms in total. The summed E-state index contributed by atoms with van der Waals surface area (Å²) in [5.74, 6) is 0.878. The molecule has 0 saturated heterocycles. The monoisotopic (exact) mass is 203 g/mol. The van der Waals surface area contributed by atoms with Crippen molar-refractivity contribution >= 4 is 15.9 Å². The Balaban J connectivity index is 2.58. The van der Waals surface area contributed by atoms with Gasteiger partial charge in [-0.25, -0.2) is 0 Å². The summed E-state index contributed by atoms with van der Waals surface area (Å²) in [5.41, 5.74) is 1.02. The molecule has 1 rings (SSSR count). The number of hydrogen-bond acceptors (Lipinski definition) is 2. The fourth-order valence-corrected chi connectivity index (χ4v) is 1.13. The third-order valence-corrected chi connectivity index (χ3v) is 1.49. The van der Waals surface area contributed by atoms with Crippen LogP contribution < -0.4 is 0 Å². The Morgan fingerprint density at radius 2 is 2.50 bits per heavy atom. The Bertz CT molecular complexity index is 207. The zero-order chi connectivity index (χ0) is 7.56. The van der Waals surface area contributed by atoms with Crippen LogP contribution in [0.1, 0.15) is 18.4 Å². The van der Waals surface area contributed by atoms with Gasteiger partial charge in [0.15, 0.2) is 0 Å². The van der Waals surface area contributed by atoms with E-state index >= 15 is 0 Å². The molecule has 10 heavy (non-hydrogen) atoms. The van der Waals surface area contributed by atoms with Gasteiger partial charge in [-0.05, 0) is 6.92 Å². The topological polar surface area (TPSA) is 26.0 Å². The van der Waals surface area contributed by atoms with Gasteiger partial charge in [-0.2, -0.15) is 0 Å². The smallest absolute Gasteiger partial charge is 0.133 e. The molecule has 1 aromatic rings. The van der Waals surface area contributed by atoms with E-state index in [9.17, 15) is 0 Å². The molecule has 56 valence electrons. The first-order valence-electron chi connectivity index (χ1n) is 3.25. The first-order valence-corrected chi connectivity index (χ1v) is 4.16. The molecule has 1 unspecified atom stereocenters. The van der Waals surface area contributed by atoms with Crippen molar-refractivity contribution in [1.29, 1.82) is 0 Å². The van der Waals surface area contributed by atoms with Gasteiger partial charge in [0, 0.05) is 17.3 Å². The Hall–Kier alpha value is -0.310. The van der Waals surface area contributed by atoms with Crippen LogP contribution in [0, 0.1) is 6.92 Å². The molecule has 0 radical (unpaired) electrons. The molecule has 0 fully saturated rings. The van der Waals surface area contributed by atoms with E-state index in [-0.39, 0.29) is 0 Å². The zero-order valence-electron chi connectivity index (χ0n) is 6.10. The quantitative estimate of drug-likeness (QED) is 0.691. The number of rotatable bonds is 2. The Labute approximate surface area is 68.7 Å². The molecule has 0 spiro atoms. The number of aromatic nitrogens is 1. The third kappa shape index (κ3) is 2.14. The lowest BCUT2D eigenvalue weighted by atomic mass is 10.2. The van der Waals surface area contributed by atoms with Crippen LogP contribution in [0.25, 0.3) is 0 Å². The lowest BCUT2D eigenvalue weighted by Gasteiger charge is -1.94. The van der Waals surface area contributed by atoms with Crippen LogP contribution in [-0.4, -0.2) is 9.98 Å². The molecule has 0 aliphatic rings. The average Bonchev–Trinajstić information content (AvgIpc) is 2.13. The zero-order valence-corrected chi connectivity index (χ0v) is 7.68. The van der Waals surface area contributed by atoms with E-state index in [1.165, 1.54) is 0 Å². The van der Waals surface area contributed by atoms with Crippen LogP contribution in [0.4, 0.5) is 0 Å². The molecular weight excluding hydrogens is 194 g/mol. The molecule has 0 aliphatic carbocycles. The summed E-state index contributed by atoms with van der Waals surface area (Å²) >= 11 is 3.44. The second-order valence-corrected chi connectivity index (χ2v) is 3.98. The van der Waals surface area contributed by atoms with Gasteiger partial charge in [-0.1, -0.05) is 28.0 Å². The van der Waals surface area contributed by atoms with Crippen molar-refractivity contribution in [2.75, 3.05) is 0 Å². The molecule has 3 heteroatoms. The van der Waals surface area contributed by atoms with Gasteiger partial charge < -0.3 is 4.52 Å². The fraction of sp³-hybridized carbons (Fsp3) is 0.571. The lowest BCUT2D eigenvalue weighted by molar-refractivity contribution is 0.390. The highest BCUT2D eigenvalue weighted by Crippen LogP contribution is 2.08. The van der Waals surface area contributed by atoms with E-state index in [0.29, 0.717) is 4.83 Å². The maximum Gasteiger partial charge on any atom is 0.133 e. The summed E-state index contributed by atoms with van der Waals surface area (Å²) in [4.78, 5) is 0.469. The molecule has 0 amide bonds. The van der Waals surface area contributed by atoms with E-state index < -0.39 is 0 Å². The minimum absolute atomic E-state index is 0.469. The van der Waals surface area contributed by atoms with Crippen molar-refractivity contribution in [3.05, 3.63) is 17.5 Å². The van der Waals surface area contributed by atoms with Crippen LogP contribution in [0.2, 0.25) is 0 Å². The van der Waals surface area contributed by atoms with E-state index in [1.54, 1.807) is 0 Å². The van der Waals surface area contributed by atoms with E-state index in [1.807, 2.05) is 13.0 Å². The van der Waals surface area contributed by atoms with Gasteiger partial charge in [0.25, 0.3) is 0 Å². The minimum atomic E-state index is 0.469. The van der Waals surface area contributed by atoms with Crippen molar-refractivity contribution in [3.63, 3.8) is 0 Å². The predicted octanol–water partition coefficient (Wildman–Crippen LogP) is 2.31. The van der Waals surface area contributed by atoms with Crippen LogP contribution in [0.3, 0.4) is 0 Å². The van der Waals surface area contributed by atoms with Crippen molar-refractivity contribution in [3.8, 4) is 0 Å². The number of alkyl halides is 1. The highest BCUT2D eigenvalue weighted by atomic mass is 79.9. The van der Waals surface area contributed by atoms with Gasteiger partial charge in [0.05, 0.1) is 5.69 Å². The number of nitrogens with zero attached hydrogens (tertiary/aromatic N) is 1. The van der Waals surface area contributed by atoms with Crippen LogP contribution in [0.15, 0.2) is 10.6 Å². The predicted molar refractivity (Wildman–Crippen MR) is 43.3 cm³/mol. The molecule has 0 aromatic carbocycles. The largest absolute Gasteiger partial charge is 0.361 e. The second-order valence-electron chi connectivity index (χ2n) is 2.41. The van der Waals surface area contributed by atoms with Crippen LogP contribution >= 0.6 is 15.9 Å². The number of hydrogen-bond donors (Lipinski definition) is 0. The molecule has 1 atom stereocenters. The summed E-state index contributed by atoms with van der Waals surface area (Å²) in [6.45, 7) is 3.99. The Morgan fingerprint density at radius 1 is 1.80 bits per heavy atom. The van der Waals surface area contributed by atoms with Gasteiger partial charge >= 0.3 is 0 Å². The van der Waals surface area contributed by atoms with Crippen molar-refractivity contribution in [2.45, 2.75) is 25.1 Å². The average molecular weight is 204 g/mol. The Kier molecular flexibility index (Phi) is 2.49. The van der Waals surface area contributed by atoms with Crippen molar-refractivity contribution < 1.29 is 4.52 Å². The van der Waals surface area contributed by atoms with Crippen molar-refractivity contribution in [1.82, 2.24) is 5.16 Å². The highest BCUT2D eigenvalue weighted by molar-refractivity contribution is 9.09. The maximum absolute atomic E-state index is 4.89. The molecule has 0 aliphatic heterocycles. The van der Waals surface area contributed by atoms with Crippen molar-refractivity contribution in [2.24, 2.45) is 0 Å². The summed E-state index contributed by atoms with van der Waals surface area (Å²) in [6, 6.07) is 1.96. The number of aryl methyl sites for hydroxylation is 1. The third-order valence-electron chi connectivity index (χ3n) is 1.17. The van der Waals surface area contributed by atoms with E-state index in [0.717, 1.165) is 17.9 Å². The lowest BCUT2D eigenvalue weighted by Crippen LogP contribution is -1.95. The standard InChI is InChI=1S/C7H10BrNO/c1-5(8)3-7-4-6(2)10-9-7/h4-5H,3H2,1-2H3. The Morgan fingerprint density at radius 3 is 2.90 bits per heavy atom. The van der Waals surface area contributed by atoms with Crippen LogP contribution in [0.5, 0.6) is 0 Å². The first-order chi connectivity index (χ1) is 4.68. The minimum Gasteiger partial charge on any atom is -0.361 e. The van der Waals surface area contributed by atoms with Gasteiger partial charge in [-0.3, -0.25) is 0 Å². The molecule has 0 bridgehead atoms. The van der Waals surface area contributed by atoms with E-state index in [4.69, 9.17) is 4.52 Å².